The molecule has 5 nitrogen and oxygen atoms in total. The summed E-state index contributed by atoms with van der Waals surface area (Å²) < 4.78 is 31.2. The van der Waals surface area contributed by atoms with E-state index in [1.807, 2.05) is 0 Å². The van der Waals surface area contributed by atoms with Crippen LogP contribution >= 0.6 is 0 Å². The molecule has 1 aromatic rings. The molecule has 0 amide bonds. The second-order valence-corrected chi connectivity index (χ2v) is 5.99. The molecule has 0 aliphatic heterocycles. The van der Waals surface area contributed by atoms with Crippen LogP contribution in [0.5, 0.6) is 0 Å². The van der Waals surface area contributed by atoms with Gasteiger partial charge in [-0.2, -0.15) is 0 Å². The van der Waals surface area contributed by atoms with Crippen LogP contribution in [-0.4, -0.2) is 22.6 Å². The predicted octanol–water partition coefficient (Wildman–Crippen LogP) is 1.45. The summed E-state index contributed by atoms with van der Waals surface area (Å²) in [5.74, 6) is -4.29. The molecule has 2 fully saturated rings. The lowest BCUT2D eigenvalue weighted by atomic mass is 9.91. The number of carbonyl (C=O) groups excluding carboxylic acids is 1. The second kappa shape index (κ2) is 5.01. The van der Waals surface area contributed by atoms with E-state index in [0.29, 0.717) is 12.8 Å². The molecule has 3 rings (SSSR count). The number of hydrogen-bond donors (Lipinski definition) is 2. The summed E-state index contributed by atoms with van der Waals surface area (Å²) in [4.78, 5) is 23.2. The number of carboxylic acid groups (broad SMARTS) is 1. The van der Waals surface area contributed by atoms with Crippen molar-refractivity contribution in [2.45, 2.75) is 25.0 Å². The van der Waals surface area contributed by atoms with Crippen LogP contribution in [0.25, 0.3) is 0 Å². The Morgan fingerprint density at radius 2 is 1.95 bits per heavy atom. The fraction of sp³-hybridized carbons (Fsp3) is 0.467. The lowest BCUT2D eigenvalue weighted by molar-refractivity contribution is -0.153. The second-order valence-electron chi connectivity index (χ2n) is 5.99. The van der Waals surface area contributed by atoms with Crippen molar-refractivity contribution in [3.05, 3.63) is 35.4 Å². The van der Waals surface area contributed by atoms with Crippen molar-refractivity contribution >= 4 is 11.9 Å². The van der Waals surface area contributed by atoms with Crippen molar-refractivity contribution in [1.29, 1.82) is 0 Å². The van der Waals surface area contributed by atoms with Gasteiger partial charge >= 0.3 is 11.9 Å². The first-order valence-electron chi connectivity index (χ1n) is 6.97. The fourth-order valence-corrected chi connectivity index (χ4v) is 3.56. The first-order valence-corrected chi connectivity index (χ1v) is 6.97. The zero-order chi connectivity index (χ0) is 16.1. The molecule has 0 radical (unpaired) electrons. The van der Waals surface area contributed by atoms with Crippen LogP contribution in [0.4, 0.5) is 8.78 Å². The van der Waals surface area contributed by atoms with E-state index >= 15 is 0 Å². The SMILES string of the molecule is NC1(C(=O)OCc2cc(F)cc(F)c2)CCC2C(C(=O)O)C21. The lowest BCUT2D eigenvalue weighted by Crippen LogP contribution is -2.50. The van der Waals surface area contributed by atoms with Gasteiger partial charge in [-0.05, 0) is 36.5 Å². The maximum atomic E-state index is 13.1. The van der Waals surface area contributed by atoms with E-state index in [4.69, 9.17) is 15.6 Å². The molecule has 2 saturated carbocycles. The topological polar surface area (TPSA) is 89.6 Å². The minimum absolute atomic E-state index is 0.0818. The smallest absolute Gasteiger partial charge is 0.326 e. The van der Waals surface area contributed by atoms with Crippen LogP contribution in [0.3, 0.4) is 0 Å². The summed E-state index contributed by atoms with van der Waals surface area (Å²) in [6.07, 6.45) is 0.935. The van der Waals surface area contributed by atoms with Crippen molar-refractivity contribution in [1.82, 2.24) is 0 Å². The molecule has 0 aromatic heterocycles. The van der Waals surface area contributed by atoms with E-state index in [9.17, 15) is 18.4 Å². The number of benzene rings is 1. The third kappa shape index (κ3) is 2.35. The summed E-state index contributed by atoms with van der Waals surface area (Å²) in [5, 5.41) is 9.05. The van der Waals surface area contributed by atoms with E-state index in [1.165, 1.54) is 0 Å². The Balaban J connectivity index is 1.66. The Morgan fingerprint density at radius 1 is 1.32 bits per heavy atom. The van der Waals surface area contributed by atoms with Gasteiger partial charge in [0, 0.05) is 12.0 Å². The Kier molecular flexibility index (Phi) is 3.40. The average molecular weight is 311 g/mol. The fourth-order valence-electron chi connectivity index (χ4n) is 3.56. The Hall–Kier alpha value is -2.02. The summed E-state index contributed by atoms with van der Waals surface area (Å²) in [5.41, 5.74) is 4.91. The molecule has 0 saturated heterocycles. The molecule has 4 atom stereocenters. The van der Waals surface area contributed by atoms with Gasteiger partial charge < -0.3 is 15.6 Å². The molecule has 0 bridgehead atoms. The molecular formula is C15H15F2NO4. The summed E-state index contributed by atoms with van der Waals surface area (Å²) >= 11 is 0. The summed E-state index contributed by atoms with van der Waals surface area (Å²) in [6, 6.07) is 2.85. The van der Waals surface area contributed by atoms with Crippen LogP contribution in [-0.2, 0) is 20.9 Å². The van der Waals surface area contributed by atoms with Crippen molar-refractivity contribution < 1.29 is 28.2 Å². The molecule has 2 aliphatic rings. The third-order valence-corrected chi connectivity index (χ3v) is 4.61. The third-order valence-electron chi connectivity index (χ3n) is 4.61. The molecule has 0 spiro atoms. The van der Waals surface area contributed by atoms with Crippen LogP contribution in [0.1, 0.15) is 18.4 Å². The maximum Gasteiger partial charge on any atom is 0.326 e. The average Bonchev–Trinajstić information content (AvgIpc) is 3.08. The van der Waals surface area contributed by atoms with Crippen molar-refractivity contribution in [3.63, 3.8) is 0 Å². The highest BCUT2D eigenvalue weighted by Gasteiger charge is 2.70. The van der Waals surface area contributed by atoms with Gasteiger partial charge in [0.15, 0.2) is 0 Å². The van der Waals surface area contributed by atoms with Crippen molar-refractivity contribution in [3.8, 4) is 0 Å². The summed E-state index contributed by atoms with van der Waals surface area (Å²) in [7, 11) is 0. The van der Waals surface area contributed by atoms with Gasteiger partial charge in [0.1, 0.15) is 23.8 Å². The predicted molar refractivity (Wildman–Crippen MR) is 70.4 cm³/mol. The first-order chi connectivity index (χ1) is 10.3. The number of esters is 1. The number of carboxylic acids is 1. The largest absolute Gasteiger partial charge is 0.481 e. The zero-order valence-corrected chi connectivity index (χ0v) is 11.6. The molecule has 1 aromatic carbocycles. The highest BCUT2D eigenvalue weighted by Crippen LogP contribution is 2.61. The van der Waals surface area contributed by atoms with Gasteiger partial charge in [-0.1, -0.05) is 0 Å². The molecule has 0 heterocycles. The van der Waals surface area contributed by atoms with Crippen molar-refractivity contribution in [2.24, 2.45) is 23.5 Å². The molecular weight excluding hydrogens is 296 g/mol. The van der Waals surface area contributed by atoms with Crippen LogP contribution in [0.15, 0.2) is 18.2 Å². The minimum atomic E-state index is -1.32. The standard InChI is InChI=1S/C15H15F2NO4/c16-8-3-7(4-9(17)5-8)6-22-14(21)15(18)2-1-10-11(12(10)15)13(19)20/h3-5,10-12H,1-2,6,18H2,(H,19,20). The van der Waals surface area contributed by atoms with Gasteiger partial charge in [0.25, 0.3) is 0 Å². The number of carbonyl (C=O) groups is 2. The number of nitrogens with two attached hydrogens (primary N) is 1. The number of halogens is 2. The first kappa shape index (κ1) is 14.9. The van der Waals surface area contributed by atoms with E-state index < -0.39 is 40.9 Å². The van der Waals surface area contributed by atoms with Gasteiger partial charge in [0.05, 0.1) is 5.92 Å². The van der Waals surface area contributed by atoms with Gasteiger partial charge in [-0.15, -0.1) is 0 Å². The van der Waals surface area contributed by atoms with Gasteiger partial charge in [-0.25, -0.2) is 8.78 Å². The van der Waals surface area contributed by atoms with Crippen LogP contribution < -0.4 is 5.73 Å². The van der Waals surface area contributed by atoms with E-state index in [-0.39, 0.29) is 18.1 Å². The molecule has 22 heavy (non-hydrogen) atoms. The van der Waals surface area contributed by atoms with Crippen LogP contribution in [0.2, 0.25) is 0 Å². The Bertz CT molecular complexity index is 630. The molecule has 2 aliphatic carbocycles. The number of ether oxygens (including phenoxy) is 1. The Morgan fingerprint density at radius 3 is 2.50 bits per heavy atom. The maximum absolute atomic E-state index is 13.1. The van der Waals surface area contributed by atoms with Gasteiger partial charge in [0.2, 0.25) is 0 Å². The van der Waals surface area contributed by atoms with Crippen molar-refractivity contribution in [2.75, 3.05) is 0 Å². The molecule has 7 heteroatoms. The normalized spacial score (nSPS) is 32.4. The quantitative estimate of drug-likeness (QED) is 0.821. The highest BCUT2D eigenvalue weighted by atomic mass is 19.1. The molecule has 118 valence electrons. The molecule has 4 unspecified atom stereocenters. The van der Waals surface area contributed by atoms with Crippen LogP contribution in [0, 0.1) is 29.4 Å². The van der Waals surface area contributed by atoms with Gasteiger partial charge in [-0.3, -0.25) is 9.59 Å². The Labute approximate surface area is 125 Å². The monoisotopic (exact) mass is 311 g/mol. The van der Waals surface area contributed by atoms with E-state index in [0.717, 1.165) is 18.2 Å². The number of rotatable bonds is 4. The number of aliphatic carboxylic acids is 1. The minimum Gasteiger partial charge on any atom is -0.481 e. The number of hydrogen-bond acceptors (Lipinski definition) is 4. The number of fused-ring (bicyclic) bond motifs is 1. The van der Waals surface area contributed by atoms with E-state index in [1.54, 1.807) is 0 Å². The summed E-state index contributed by atoms with van der Waals surface area (Å²) in [6.45, 7) is -0.304. The molecule has 3 N–H and O–H groups in total. The van der Waals surface area contributed by atoms with E-state index in [2.05, 4.69) is 0 Å². The lowest BCUT2D eigenvalue weighted by Gasteiger charge is -2.24. The zero-order valence-electron chi connectivity index (χ0n) is 11.6. The highest BCUT2D eigenvalue weighted by molar-refractivity contribution is 5.86.